The first-order chi connectivity index (χ1) is 9.04. The number of aryl methyl sites for hydroxylation is 2. The lowest BCUT2D eigenvalue weighted by atomic mass is 9.94. The predicted molar refractivity (Wildman–Crippen MR) is 77.8 cm³/mol. The van der Waals surface area contributed by atoms with Crippen LogP contribution in [0.1, 0.15) is 31.4 Å². The molecular weight excluding hydrogens is 238 g/mol. The second-order valence-corrected chi connectivity index (χ2v) is 5.47. The molecule has 2 atom stereocenters. The smallest absolute Gasteiger partial charge is 0.238 e. The lowest BCUT2D eigenvalue weighted by molar-refractivity contribution is -0.125. The number of fused-ring (bicyclic) bond motifs is 1. The van der Waals surface area contributed by atoms with Gasteiger partial charge in [0.25, 0.3) is 0 Å². The number of carbonyl (C=O) groups is 1. The first-order valence-corrected chi connectivity index (χ1v) is 6.91. The first kappa shape index (κ1) is 13.9. The van der Waals surface area contributed by atoms with Crippen LogP contribution in [-0.2, 0) is 11.2 Å². The molecule has 0 bridgehead atoms. The zero-order chi connectivity index (χ0) is 14.0. The molecule has 2 rings (SSSR count). The van der Waals surface area contributed by atoms with E-state index >= 15 is 0 Å². The van der Waals surface area contributed by atoms with Gasteiger partial charge in [0.1, 0.15) is 0 Å². The summed E-state index contributed by atoms with van der Waals surface area (Å²) in [7, 11) is 0. The highest BCUT2D eigenvalue weighted by molar-refractivity contribution is 5.79. The first-order valence-electron chi connectivity index (χ1n) is 6.91. The van der Waals surface area contributed by atoms with Gasteiger partial charge >= 0.3 is 0 Å². The molecule has 4 nitrogen and oxygen atoms in total. The van der Waals surface area contributed by atoms with Gasteiger partial charge in [-0.15, -0.1) is 0 Å². The van der Waals surface area contributed by atoms with E-state index in [2.05, 4.69) is 42.4 Å². The molecule has 0 radical (unpaired) electrons. The molecule has 0 fully saturated rings. The number of nitrogens with two attached hydrogens (primary N) is 1. The lowest BCUT2D eigenvalue weighted by Crippen LogP contribution is -2.47. The Morgan fingerprint density at radius 1 is 1.42 bits per heavy atom. The van der Waals surface area contributed by atoms with Gasteiger partial charge in [0.05, 0.1) is 5.92 Å². The van der Waals surface area contributed by atoms with Gasteiger partial charge in [-0.3, -0.25) is 10.2 Å². The molecule has 0 saturated heterocycles. The minimum Gasteiger partial charge on any atom is -0.368 e. The van der Waals surface area contributed by atoms with E-state index in [1.165, 1.54) is 16.8 Å². The molecule has 2 unspecified atom stereocenters. The van der Waals surface area contributed by atoms with E-state index in [1.54, 1.807) is 0 Å². The fourth-order valence-corrected chi connectivity index (χ4v) is 2.80. The Kier molecular flexibility index (Phi) is 4.10. The number of anilines is 1. The fraction of sp³-hybridized carbons (Fsp3) is 0.533. The molecule has 1 aromatic rings. The maximum absolute atomic E-state index is 11.7. The number of hydrazine groups is 1. The van der Waals surface area contributed by atoms with Crippen LogP contribution < -0.4 is 16.2 Å². The quantitative estimate of drug-likeness (QED) is 0.495. The minimum atomic E-state index is -0.128. The van der Waals surface area contributed by atoms with E-state index in [9.17, 15) is 4.79 Å². The highest BCUT2D eigenvalue weighted by Gasteiger charge is 2.28. The van der Waals surface area contributed by atoms with Crippen molar-refractivity contribution < 1.29 is 4.79 Å². The zero-order valence-corrected chi connectivity index (χ0v) is 11.9. The normalized spacial score (nSPS) is 17.6. The van der Waals surface area contributed by atoms with Crippen molar-refractivity contribution in [3.8, 4) is 0 Å². The van der Waals surface area contributed by atoms with Gasteiger partial charge in [0.15, 0.2) is 0 Å². The van der Waals surface area contributed by atoms with E-state index in [0.717, 1.165) is 19.4 Å². The third kappa shape index (κ3) is 2.73. The van der Waals surface area contributed by atoms with Gasteiger partial charge in [0.2, 0.25) is 5.91 Å². The van der Waals surface area contributed by atoms with Crippen LogP contribution in [0.2, 0.25) is 0 Å². The van der Waals surface area contributed by atoms with Crippen molar-refractivity contribution in [2.75, 3.05) is 11.4 Å². The summed E-state index contributed by atoms with van der Waals surface area (Å²) in [5, 5.41) is 0. The average molecular weight is 261 g/mol. The molecule has 0 aromatic heterocycles. The SMILES string of the molecule is Cc1ccc2c(c1)CCCN2C(C)C(C)C(=O)NN. The maximum atomic E-state index is 11.7. The van der Waals surface area contributed by atoms with Crippen LogP contribution in [-0.4, -0.2) is 18.5 Å². The van der Waals surface area contributed by atoms with Crippen molar-refractivity contribution in [1.82, 2.24) is 5.43 Å². The van der Waals surface area contributed by atoms with Gasteiger partial charge in [-0.1, -0.05) is 24.6 Å². The number of amides is 1. The predicted octanol–water partition coefficient (Wildman–Crippen LogP) is 1.76. The van der Waals surface area contributed by atoms with Crippen molar-refractivity contribution in [2.45, 2.75) is 39.7 Å². The van der Waals surface area contributed by atoms with E-state index < -0.39 is 0 Å². The molecule has 1 aliphatic heterocycles. The monoisotopic (exact) mass is 261 g/mol. The highest BCUT2D eigenvalue weighted by atomic mass is 16.2. The number of rotatable bonds is 3. The maximum Gasteiger partial charge on any atom is 0.238 e. The van der Waals surface area contributed by atoms with E-state index in [0.29, 0.717) is 0 Å². The standard InChI is InChI=1S/C15H23N3O/c1-10-6-7-14-13(9-10)5-4-8-18(14)12(3)11(2)15(19)17-16/h6-7,9,11-12H,4-5,8,16H2,1-3H3,(H,17,19). The third-order valence-electron chi connectivity index (χ3n) is 4.16. The summed E-state index contributed by atoms with van der Waals surface area (Å²) in [5.74, 6) is 5.00. The van der Waals surface area contributed by atoms with Gasteiger partial charge in [0, 0.05) is 18.3 Å². The van der Waals surface area contributed by atoms with Gasteiger partial charge in [-0.2, -0.15) is 0 Å². The summed E-state index contributed by atoms with van der Waals surface area (Å²) in [6.07, 6.45) is 2.26. The van der Waals surface area contributed by atoms with Crippen molar-refractivity contribution in [1.29, 1.82) is 0 Å². The number of nitrogens with zero attached hydrogens (tertiary/aromatic N) is 1. The van der Waals surface area contributed by atoms with E-state index in [1.807, 2.05) is 6.92 Å². The largest absolute Gasteiger partial charge is 0.368 e. The number of benzene rings is 1. The van der Waals surface area contributed by atoms with Gasteiger partial charge < -0.3 is 4.90 Å². The Hall–Kier alpha value is -1.55. The number of carbonyl (C=O) groups excluding carboxylic acids is 1. The Labute approximate surface area is 114 Å². The number of hydrogen-bond donors (Lipinski definition) is 2. The fourth-order valence-electron chi connectivity index (χ4n) is 2.80. The highest BCUT2D eigenvalue weighted by Crippen LogP contribution is 2.31. The van der Waals surface area contributed by atoms with Crippen LogP contribution >= 0.6 is 0 Å². The van der Waals surface area contributed by atoms with Crippen LogP contribution in [0.15, 0.2) is 18.2 Å². The molecule has 1 aromatic carbocycles. The van der Waals surface area contributed by atoms with E-state index in [-0.39, 0.29) is 17.9 Å². The second kappa shape index (κ2) is 5.61. The summed E-state index contributed by atoms with van der Waals surface area (Å²) >= 11 is 0. The van der Waals surface area contributed by atoms with Gasteiger partial charge in [-0.05, 0) is 38.3 Å². The summed E-state index contributed by atoms with van der Waals surface area (Å²) < 4.78 is 0. The van der Waals surface area contributed by atoms with Crippen molar-refractivity contribution >= 4 is 11.6 Å². The average Bonchev–Trinajstić information content (AvgIpc) is 2.43. The lowest BCUT2D eigenvalue weighted by Gasteiger charge is -2.38. The summed E-state index contributed by atoms with van der Waals surface area (Å²) in [5.41, 5.74) is 6.20. The molecular formula is C15H23N3O. The molecule has 1 heterocycles. The number of hydrogen-bond acceptors (Lipinski definition) is 3. The topological polar surface area (TPSA) is 58.4 Å². The zero-order valence-electron chi connectivity index (χ0n) is 11.9. The Balaban J connectivity index is 2.25. The van der Waals surface area contributed by atoms with Crippen molar-refractivity contribution in [2.24, 2.45) is 11.8 Å². The summed E-state index contributed by atoms with van der Waals surface area (Å²) in [4.78, 5) is 14.0. The van der Waals surface area contributed by atoms with Crippen LogP contribution in [0, 0.1) is 12.8 Å². The second-order valence-electron chi connectivity index (χ2n) is 5.47. The molecule has 0 saturated carbocycles. The molecule has 0 spiro atoms. The van der Waals surface area contributed by atoms with Crippen molar-refractivity contribution in [3.05, 3.63) is 29.3 Å². The molecule has 3 N–H and O–H groups in total. The van der Waals surface area contributed by atoms with Crippen LogP contribution in [0.4, 0.5) is 5.69 Å². The Morgan fingerprint density at radius 3 is 2.84 bits per heavy atom. The molecule has 1 amide bonds. The summed E-state index contributed by atoms with van der Waals surface area (Å²) in [6, 6.07) is 6.71. The molecule has 0 aliphatic carbocycles. The van der Waals surface area contributed by atoms with Crippen LogP contribution in [0.5, 0.6) is 0 Å². The summed E-state index contributed by atoms with van der Waals surface area (Å²) in [6.45, 7) is 7.14. The minimum absolute atomic E-state index is 0.105. The van der Waals surface area contributed by atoms with Crippen LogP contribution in [0.3, 0.4) is 0 Å². The molecule has 4 heteroatoms. The third-order valence-corrected chi connectivity index (χ3v) is 4.16. The van der Waals surface area contributed by atoms with Gasteiger partial charge in [-0.25, -0.2) is 5.84 Å². The Bertz CT molecular complexity index is 472. The van der Waals surface area contributed by atoms with E-state index in [4.69, 9.17) is 5.84 Å². The Morgan fingerprint density at radius 2 is 2.16 bits per heavy atom. The van der Waals surface area contributed by atoms with Crippen molar-refractivity contribution in [3.63, 3.8) is 0 Å². The molecule has 1 aliphatic rings. The van der Waals surface area contributed by atoms with Crippen LogP contribution in [0.25, 0.3) is 0 Å². The number of nitrogens with one attached hydrogen (secondary N) is 1. The molecule has 19 heavy (non-hydrogen) atoms. The molecule has 104 valence electrons.